The predicted octanol–water partition coefficient (Wildman–Crippen LogP) is 2.41. The molecule has 1 aliphatic rings. The van der Waals surface area contributed by atoms with Crippen LogP contribution in [0.2, 0.25) is 0 Å². The molecule has 1 saturated heterocycles. The zero-order valence-electron chi connectivity index (χ0n) is 11.9. The highest BCUT2D eigenvalue weighted by molar-refractivity contribution is 5.77. The van der Waals surface area contributed by atoms with Crippen LogP contribution < -0.4 is 5.32 Å². The summed E-state index contributed by atoms with van der Waals surface area (Å²) >= 11 is 0. The molecule has 0 saturated carbocycles. The van der Waals surface area contributed by atoms with E-state index in [1.165, 1.54) is 0 Å². The summed E-state index contributed by atoms with van der Waals surface area (Å²) in [6.45, 7) is 11.6. The van der Waals surface area contributed by atoms with Gasteiger partial charge in [-0.25, -0.2) is 0 Å². The zero-order chi connectivity index (χ0) is 12.9. The van der Waals surface area contributed by atoms with Crippen LogP contribution in [0.15, 0.2) is 0 Å². The highest BCUT2D eigenvalue weighted by Crippen LogP contribution is 2.22. The van der Waals surface area contributed by atoms with Gasteiger partial charge in [0.2, 0.25) is 5.91 Å². The highest BCUT2D eigenvalue weighted by Gasteiger charge is 2.27. The molecular weight excluding hydrogens is 212 g/mol. The summed E-state index contributed by atoms with van der Waals surface area (Å²) in [5.41, 5.74) is 0.0932. The molecule has 1 heterocycles. The lowest BCUT2D eigenvalue weighted by atomic mass is 9.91. The Balaban J connectivity index is 2.60. The predicted molar refractivity (Wildman–Crippen MR) is 72.0 cm³/mol. The number of piperidine rings is 1. The van der Waals surface area contributed by atoms with Gasteiger partial charge in [0.15, 0.2) is 0 Å². The van der Waals surface area contributed by atoms with E-state index in [1.54, 1.807) is 0 Å². The van der Waals surface area contributed by atoms with E-state index in [4.69, 9.17) is 0 Å². The minimum atomic E-state index is 0.0932. The van der Waals surface area contributed by atoms with Crippen molar-refractivity contribution in [1.29, 1.82) is 0 Å². The molecule has 3 heteroatoms. The summed E-state index contributed by atoms with van der Waals surface area (Å²) in [5.74, 6) is 0.339. The average Bonchev–Trinajstić information content (AvgIpc) is 2.24. The fourth-order valence-electron chi connectivity index (χ4n) is 2.43. The highest BCUT2D eigenvalue weighted by atomic mass is 16.2. The van der Waals surface area contributed by atoms with E-state index in [9.17, 15) is 4.79 Å². The molecule has 100 valence electrons. The first-order valence-electron chi connectivity index (χ1n) is 6.94. The van der Waals surface area contributed by atoms with Gasteiger partial charge in [-0.1, -0.05) is 27.7 Å². The van der Waals surface area contributed by atoms with Crippen LogP contribution in [0.4, 0.5) is 0 Å². The van der Waals surface area contributed by atoms with Gasteiger partial charge in [-0.05, 0) is 37.8 Å². The molecule has 0 spiro atoms. The Kier molecular flexibility index (Phi) is 5.44. The third-order valence-corrected chi connectivity index (χ3v) is 3.22. The van der Waals surface area contributed by atoms with Crippen molar-refractivity contribution in [2.75, 3.05) is 19.6 Å². The third kappa shape index (κ3) is 5.07. The van der Waals surface area contributed by atoms with Crippen LogP contribution in [-0.2, 0) is 4.79 Å². The Morgan fingerprint density at radius 3 is 2.35 bits per heavy atom. The number of nitrogens with zero attached hydrogens (tertiary/aromatic N) is 1. The third-order valence-electron chi connectivity index (χ3n) is 3.22. The van der Waals surface area contributed by atoms with Gasteiger partial charge in [0.25, 0.3) is 0 Å². The molecule has 1 aliphatic heterocycles. The molecule has 1 fully saturated rings. The molecule has 1 rings (SSSR count). The Morgan fingerprint density at radius 2 is 1.88 bits per heavy atom. The summed E-state index contributed by atoms with van der Waals surface area (Å²) < 4.78 is 0. The van der Waals surface area contributed by atoms with E-state index in [0.29, 0.717) is 18.4 Å². The fraction of sp³-hybridized carbons (Fsp3) is 0.929. The zero-order valence-corrected chi connectivity index (χ0v) is 11.9. The lowest BCUT2D eigenvalue weighted by Crippen LogP contribution is -2.47. The minimum absolute atomic E-state index is 0.0932. The van der Waals surface area contributed by atoms with Crippen molar-refractivity contribution in [2.24, 2.45) is 5.41 Å². The molecule has 0 radical (unpaired) electrons. The molecule has 0 aromatic carbocycles. The Bertz CT molecular complexity index is 239. The molecule has 0 aromatic rings. The van der Waals surface area contributed by atoms with Crippen LogP contribution in [0.1, 0.15) is 53.4 Å². The van der Waals surface area contributed by atoms with Crippen LogP contribution in [0.5, 0.6) is 0 Å². The second kappa shape index (κ2) is 6.39. The molecule has 3 nitrogen and oxygen atoms in total. The molecule has 1 amide bonds. The first kappa shape index (κ1) is 14.5. The summed E-state index contributed by atoms with van der Waals surface area (Å²) in [6, 6.07) is 0.464. The Morgan fingerprint density at radius 1 is 1.29 bits per heavy atom. The van der Waals surface area contributed by atoms with E-state index >= 15 is 0 Å². The topological polar surface area (TPSA) is 32.3 Å². The molecule has 17 heavy (non-hydrogen) atoms. The molecule has 0 unspecified atom stereocenters. The van der Waals surface area contributed by atoms with Crippen LogP contribution in [0.25, 0.3) is 0 Å². The van der Waals surface area contributed by atoms with Gasteiger partial charge in [0.05, 0.1) is 0 Å². The van der Waals surface area contributed by atoms with Crippen molar-refractivity contribution in [3.05, 3.63) is 0 Å². The van der Waals surface area contributed by atoms with Gasteiger partial charge in [0, 0.05) is 19.0 Å². The molecule has 1 N–H and O–H groups in total. The average molecular weight is 240 g/mol. The SMILES string of the molecule is CCCN(C(=O)CC(C)(C)C)C1CCNCC1. The molecule has 0 atom stereocenters. The summed E-state index contributed by atoms with van der Waals surface area (Å²) in [7, 11) is 0. The van der Waals surface area contributed by atoms with E-state index < -0.39 is 0 Å². The van der Waals surface area contributed by atoms with E-state index in [-0.39, 0.29) is 5.41 Å². The minimum Gasteiger partial charge on any atom is -0.340 e. The van der Waals surface area contributed by atoms with Gasteiger partial charge < -0.3 is 10.2 Å². The largest absolute Gasteiger partial charge is 0.340 e. The Labute approximate surface area is 106 Å². The summed E-state index contributed by atoms with van der Waals surface area (Å²) in [6.07, 6.45) is 3.93. The smallest absolute Gasteiger partial charge is 0.223 e. The normalized spacial score (nSPS) is 18.1. The second-order valence-corrected chi connectivity index (χ2v) is 6.31. The number of hydrogen-bond donors (Lipinski definition) is 1. The van der Waals surface area contributed by atoms with Crippen LogP contribution >= 0.6 is 0 Å². The lowest BCUT2D eigenvalue weighted by molar-refractivity contribution is -0.136. The van der Waals surface area contributed by atoms with Crippen molar-refractivity contribution in [3.8, 4) is 0 Å². The molecular formula is C14H28N2O. The second-order valence-electron chi connectivity index (χ2n) is 6.31. The maximum absolute atomic E-state index is 12.4. The number of amides is 1. The van der Waals surface area contributed by atoms with Crippen LogP contribution in [0, 0.1) is 5.41 Å². The van der Waals surface area contributed by atoms with E-state index in [1.807, 2.05) is 0 Å². The monoisotopic (exact) mass is 240 g/mol. The van der Waals surface area contributed by atoms with Crippen molar-refractivity contribution >= 4 is 5.91 Å². The van der Waals surface area contributed by atoms with Gasteiger partial charge in [-0.2, -0.15) is 0 Å². The first-order chi connectivity index (χ1) is 7.94. The standard InChI is InChI=1S/C14H28N2O/c1-5-10-16(12-6-8-15-9-7-12)13(17)11-14(2,3)4/h12,15H,5-11H2,1-4H3. The summed E-state index contributed by atoms with van der Waals surface area (Å²) in [4.78, 5) is 14.5. The quantitative estimate of drug-likeness (QED) is 0.818. The number of carbonyl (C=O) groups is 1. The number of hydrogen-bond acceptors (Lipinski definition) is 2. The molecule has 0 aromatic heterocycles. The number of nitrogens with one attached hydrogen (secondary N) is 1. The fourth-order valence-corrected chi connectivity index (χ4v) is 2.43. The van der Waals surface area contributed by atoms with Crippen molar-refractivity contribution in [1.82, 2.24) is 10.2 Å². The van der Waals surface area contributed by atoms with E-state index in [0.717, 1.165) is 38.9 Å². The summed E-state index contributed by atoms with van der Waals surface area (Å²) in [5, 5.41) is 3.36. The van der Waals surface area contributed by atoms with Crippen molar-refractivity contribution in [2.45, 2.75) is 59.4 Å². The van der Waals surface area contributed by atoms with Gasteiger partial charge in [0.1, 0.15) is 0 Å². The number of rotatable bonds is 4. The molecule has 0 bridgehead atoms. The maximum atomic E-state index is 12.4. The maximum Gasteiger partial charge on any atom is 0.223 e. The Hall–Kier alpha value is -0.570. The van der Waals surface area contributed by atoms with Crippen molar-refractivity contribution in [3.63, 3.8) is 0 Å². The van der Waals surface area contributed by atoms with Gasteiger partial charge >= 0.3 is 0 Å². The van der Waals surface area contributed by atoms with Gasteiger partial charge in [-0.15, -0.1) is 0 Å². The lowest BCUT2D eigenvalue weighted by Gasteiger charge is -2.36. The van der Waals surface area contributed by atoms with E-state index in [2.05, 4.69) is 37.9 Å². The van der Waals surface area contributed by atoms with Gasteiger partial charge in [-0.3, -0.25) is 4.79 Å². The molecule has 0 aliphatic carbocycles. The number of carbonyl (C=O) groups excluding carboxylic acids is 1. The van der Waals surface area contributed by atoms with Crippen LogP contribution in [-0.4, -0.2) is 36.5 Å². The first-order valence-corrected chi connectivity index (χ1v) is 6.94. The van der Waals surface area contributed by atoms with Crippen molar-refractivity contribution < 1.29 is 4.79 Å². The van der Waals surface area contributed by atoms with Crippen LogP contribution in [0.3, 0.4) is 0 Å².